The van der Waals surface area contributed by atoms with Crippen LogP contribution in [0.5, 0.6) is 0 Å². The van der Waals surface area contributed by atoms with Gasteiger partial charge in [-0.05, 0) is 50.5 Å². The van der Waals surface area contributed by atoms with Crippen molar-refractivity contribution in [3.63, 3.8) is 0 Å². The van der Waals surface area contributed by atoms with Gasteiger partial charge in [0.25, 0.3) is 5.56 Å². The number of aryl methyl sites for hydroxylation is 3. The Morgan fingerprint density at radius 2 is 1.66 bits per heavy atom. The van der Waals surface area contributed by atoms with Crippen molar-refractivity contribution in [1.29, 1.82) is 0 Å². The molecule has 4 aromatic rings. The van der Waals surface area contributed by atoms with Crippen molar-refractivity contribution in [2.75, 3.05) is 0 Å². The van der Waals surface area contributed by atoms with Gasteiger partial charge in [-0.25, -0.2) is 9.36 Å². The van der Waals surface area contributed by atoms with E-state index in [2.05, 4.69) is 34.6 Å². The molecule has 0 aliphatic rings. The Balaban J connectivity index is 1.62. The molecule has 2 heterocycles. The van der Waals surface area contributed by atoms with Crippen molar-refractivity contribution >= 4 is 16.8 Å². The molecule has 0 unspecified atom stereocenters. The molecule has 0 bridgehead atoms. The number of aromatic nitrogens is 4. The molecule has 0 saturated heterocycles. The van der Waals surface area contributed by atoms with E-state index in [1.165, 1.54) is 10.2 Å². The Kier molecular flexibility index (Phi) is 5.90. The summed E-state index contributed by atoms with van der Waals surface area (Å²) in [6.45, 7) is 7.93. The quantitative estimate of drug-likeness (QED) is 0.507. The third-order valence-electron chi connectivity index (χ3n) is 5.79. The molecule has 7 heteroatoms. The van der Waals surface area contributed by atoms with Crippen molar-refractivity contribution in [2.24, 2.45) is 0 Å². The van der Waals surface area contributed by atoms with E-state index in [9.17, 15) is 9.59 Å². The zero-order valence-electron chi connectivity index (χ0n) is 18.8. The Bertz CT molecular complexity index is 1320. The molecule has 1 amide bonds. The minimum absolute atomic E-state index is 0.267. The average Bonchev–Trinajstić information content (AvgIpc) is 3.18. The van der Waals surface area contributed by atoms with E-state index in [-0.39, 0.29) is 11.5 Å². The number of para-hydroxylation sites is 1. The van der Waals surface area contributed by atoms with Crippen molar-refractivity contribution in [1.82, 2.24) is 24.9 Å². The Morgan fingerprint density at radius 1 is 1.00 bits per heavy atom. The van der Waals surface area contributed by atoms with Crippen LogP contribution in [0.1, 0.15) is 42.4 Å². The molecular weight excluding hydrogens is 402 g/mol. The van der Waals surface area contributed by atoms with Crippen LogP contribution in [0.4, 0.5) is 0 Å². The predicted octanol–water partition coefficient (Wildman–Crippen LogP) is 3.64. The van der Waals surface area contributed by atoms with Gasteiger partial charge in [0.2, 0.25) is 5.91 Å². The number of amides is 1. The van der Waals surface area contributed by atoms with Crippen LogP contribution in [-0.2, 0) is 17.8 Å². The summed E-state index contributed by atoms with van der Waals surface area (Å²) in [5.41, 5.74) is 4.56. The summed E-state index contributed by atoms with van der Waals surface area (Å²) in [5.74, 6) is -0.267. The smallest absolute Gasteiger partial charge is 0.295 e. The molecule has 2 aromatic heterocycles. The second-order valence-electron chi connectivity index (χ2n) is 7.96. The van der Waals surface area contributed by atoms with Crippen molar-refractivity contribution in [3.8, 4) is 5.69 Å². The van der Waals surface area contributed by atoms with Crippen LogP contribution in [0.2, 0.25) is 0 Å². The average molecular weight is 430 g/mol. The van der Waals surface area contributed by atoms with Crippen molar-refractivity contribution in [2.45, 2.75) is 46.7 Å². The van der Waals surface area contributed by atoms with Gasteiger partial charge in [-0.3, -0.25) is 9.59 Å². The van der Waals surface area contributed by atoms with Gasteiger partial charge in [-0.2, -0.15) is 10.2 Å². The summed E-state index contributed by atoms with van der Waals surface area (Å²) in [6, 6.07) is 17.0. The largest absolute Gasteiger partial charge is 0.350 e. The lowest BCUT2D eigenvalue weighted by atomic mass is 10.1. The summed E-state index contributed by atoms with van der Waals surface area (Å²) in [5, 5.41) is 12.7. The lowest BCUT2D eigenvalue weighted by Gasteiger charge is -2.15. The molecule has 0 saturated carbocycles. The van der Waals surface area contributed by atoms with Crippen LogP contribution >= 0.6 is 0 Å². The van der Waals surface area contributed by atoms with E-state index >= 15 is 0 Å². The van der Waals surface area contributed by atoms with Crippen molar-refractivity contribution in [3.05, 3.63) is 87.5 Å². The van der Waals surface area contributed by atoms with Gasteiger partial charge in [0, 0.05) is 6.54 Å². The molecule has 7 nitrogen and oxygen atoms in total. The number of rotatable bonds is 6. The topological polar surface area (TPSA) is 81.8 Å². The van der Waals surface area contributed by atoms with Gasteiger partial charge in [0.05, 0.1) is 22.5 Å². The highest BCUT2D eigenvalue weighted by Gasteiger charge is 2.23. The summed E-state index contributed by atoms with van der Waals surface area (Å²) in [6.07, 6.45) is 0.972. The van der Waals surface area contributed by atoms with Crippen LogP contribution in [0, 0.1) is 13.8 Å². The maximum Gasteiger partial charge on any atom is 0.295 e. The molecule has 0 spiro atoms. The summed E-state index contributed by atoms with van der Waals surface area (Å²) >= 11 is 0. The van der Waals surface area contributed by atoms with Gasteiger partial charge < -0.3 is 5.32 Å². The van der Waals surface area contributed by atoms with Gasteiger partial charge in [-0.15, -0.1) is 0 Å². The Morgan fingerprint density at radius 3 is 2.31 bits per heavy atom. The number of hydrogen-bond donors (Lipinski definition) is 1. The highest BCUT2D eigenvalue weighted by atomic mass is 16.2. The van der Waals surface area contributed by atoms with Gasteiger partial charge in [-0.1, -0.05) is 49.4 Å². The summed E-state index contributed by atoms with van der Waals surface area (Å²) < 4.78 is 2.98. The lowest BCUT2D eigenvalue weighted by Crippen LogP contribution is -2.37. The molecular formula is C25H27N5O2. The van der Waals surface area contributed by atoms with Crippen LogP contribution in [0.25, 0.3) is 16.6 Å². The first-order valence-electron chi connectivity index (χ1n) is 10.8. The van der Waals surface area contributed by atoms with Crippen LogP contribution < -0.4 is 10.9 Å². The first-order valence-corrected chi connectivity index (χ1v) is 10.8. The Labute approximate surface area is 186 Å². The van der Waals surface area contributed by atoms with E-state index in [0.29, 0.717) is 17.8 Å². The zero-order valence-corrected chi connectivity index (χ0v) is 18.8. The highest BCUT2D eigenvalue weighted by molar-refractivity contribution is 5.84. The molecule has 1 N–H and O–H groups in total. The fourth-order valence-electron chi connectivity index (χ4n) is 3.87. The number of fused-ring (bicyclic) bond motifs is 1. The predicted molar refractivity (Wildman–Crippen MR) is 125 cm³/mol. The molecule has 164 valence electrons. The molecule has 0 fully saturated rings. The summed E-state index contributed by atoms with van der Waals surface area (Å²) in [7, 11) is 0. The van der Waals surface area contributed by atoms with E-state index in [1.54, 1.807) is 11.6 Å². The number of nitrogens with zero attached hydrogens (tertiary/aromatic N) is 4. The normalized spacial score (nSPS) is 12.1. The first kappa shape index (κ1) is 21.5. The molecule has 0 radical (unpaired) electrons. The Hall–Kier alpha value is -3.74. The SMILES string of the molecule is CCc1ccc(CNC(=O)[C@H](C)n2nc(C)c3c(C)n(-c4ccccc4)nc3c2=O)cc1. The van der Waals surface area contributed by atoms with Crippen LogP contribution in [0.15, 0.2) is 59.4 Å². The third kappa shape index (κ3) is 3.93. The van der Waals surface area contributed by atoms with E-state index in [0.717, 1.165) is 28.8 Å². The molecule has 2 aromatic carbocycles. The number of carbonyl (C=O) groups excluding carboxylic acids is 1. The number of hydrogen-bond acceptors (Lipinski definition) is 4. The standard InChI is InChI=1S/C25H27N5O2/c1-5-19-11-13-20(14-12-19)15-26-24(31)18(4)30-25(32)23-22(16(2)27-30)17(3)29(28-23)21-9-7-6-8-10-21/h6-14,18H,5,15H2,1-4H3,(H,26,31)/t18-/m0/s1. The lowest BCUT2D eigenvalue weighted by molar-refractivity contribution is -0.124. The fraction of sp³-hybridized carbons (Fsp3) is 0.280. The number of benzene rings is 2. The van der Waals surface area contributed by atoms with Crippen LogP contribution in [-0.4, -0.2) is 25.5 Å². The third-order valence-corrected chi connectivity index (χ3v) is 5.79. The second-order valence-corrected chi connectivity index (χ2v) is 7.96. The van der Waals surface area contributed by atoms with Gasteiger partial charge in [0.15, 0.2) is 5.52 Å². The monoisotopic (exact) mass is 429 g/mol. The maximum atomic E-state index is 13.2. The van der Waals surface area contributed by atoms with Gasteiger partial charge >= 0.3 is 0 Å². The molecule has 0 aliphatic heterocycles. The van der Waals surface area contributed by atoms with Crippen LogP contribution in [0.3, 0.4) is 0 Å². The first-order chi connectivity index (χ1) is 15.4. The summed E-state index contributed by atoms with van der Waals surface area (Å²) in [4.78, 5) is 26.0. The van der Waals surface area contributed by atoms with Gasteiger partial charge in [0.1, 0.15) is 6.04 Å². The number of carbonyl (C=O) groups is 1. The minimum Gasteiger partial charge on any atom is -0.350 e. The fourth-order valence-corrected chi connectivity index (χ4v) is 3.87. The molecule has 4 rings (SSSR count). The highest BCUT2D eigenvalue weighted by Crippen LogP contribution is 2.21. The van der Waals surface area contributed by atoms with E-state index in [4.69, 9.17) is 0 Å². The van der Waals surface area contributed by atoms with E-state index in [1.807, 2.05) is 56.3 Å². The number of nitrogens with one attached hydrogen (secondary N) is 1. The zero-order chi connectivity index (χ0) is 22.8. The van der Waals surface area contributed by atoms with Crippen molar-refractivity contribution < 1.29 is 4.79 Å². The second kappa shape index (κ2) is 8.78. The molecule has 32 heavy (non-hydrogen) atoms. The van der Waals surface area contributed by atoms with E-state index < -0.39 is 6.04 Å². The maximum absolute atomic E-state index is 13.2. The molecule has 1 atom stereocenters. The molecule has 0 aliphatic carbocycles. The minimum atomic E-state index is -0.761.